The zero-order valence-corrected chi connectivity index (χ0v) is 12.2. The van der Waals surface area contributed by atoms with Crippen LogP contribution in [-0.4, -0.2) is 5.91 Å². The van der Waals surface area contributed by atoms with Gasteiger partial charge in [-0.25, -0.2) is 0 Å². The Hall–Kier alpha value is -1.81. The van der Waals surface area contributed by atoms with Crippen molar-refractivity contribution in [2.45, 2.75) is 13.5 Å². The van der Waals surface area contributed by atoms with Crippen molar-refractivity contribution in [3.63, 3.8) is 0 Å². The third-order valence-electron chi connectivity index (χ3n) is 2.96. The number of amides is 1. The SMILES string of the molecule is Cc1c(N)cccc1C(=O)NCc1cccc(Br)c1. The van der Waals surface area contributed by atoms with E-state index in [9.17, 15) is 4.79 Å². The van der Waals surface area contributed by atoms with E-state index in [1.165, 1.54) is 0 Å². The predicted octanol–water partition coefficient (Wildman–Crippen LogP) is 3.27. The first-order valence-electron chi connectivity index (χ1n) is 5.95. The standard InChI is InChI=1S/C15H15BrN2O/c1-10-13(6-3-7-14(10)17)15(19)18-9-11-4-2-5-12(16)8-11/h2-8H,9,17H2,1H3,(H,18,19). The van der Waals surface area contributed by atoms with Crippen molar-refractivity contribution >= 4 is 27.5 Å². The normalized spacial score (nSPS) is 10.2. The van der Waals surface area contributed by atoms with Crippen molar-refractivity contribution in [1.29, 1.82) is 0 Å². The van der Waals surface area contributed by atoms with E-state index in [1.54, 1.807) is 18.2 Å². The highest BCUT2D eigenvalue weighted by atomic mass is 79.9. The third kappa shape index (κ3) is 3.35. The van der Waals surface area contributed by atoms with Crippen LogP contribution in [0.15, 0.2) is 46.9 Å². The molecule has 19 heavy (non-hydrogen) atoms. The molecule has 98 valence electrons. The van der Waals surface area contributed by atoms with Crippen molar-refractivity contribution < 1.29 is 4.79 Å². The summed E-state index contributed by atoms with van der Waals surface area (Å²) in [5.74, 6) is -0.107. The van der Waals surface area contributed by atoms with E-state index in [2.05, 4.69) is 21.2 Å². The van der Waals surface area contributed by atoms with Crippen molar-refractivity contribution in [3.05, 3.63) is 63.6 Å². The molecule has 0 fully saturated rings. The van der Waals surface area contributed by atoms with E-state index in [4.69, 9.17) is 5.73 Å². The molecule has 0 radical (unpaired) electrons. The topological polar surface area (TPSA) is 55.1 Å². The van der Waals surface area contributed by atoms with Gasteiger partial charge in [-0.2, -0.15) is 0 Å². The van der Waals surface area contributed by atoms with Gasteiger partial charge in [-0.3, -0.25) is 4.79 Å². The van der Waals surface area contributed by atoms with E-state index >= 15 is 0 Å². The molecule has 0 saturated carbocycles. The van der Waals surface area contributed by atoms with E-state index in [-0.39, 0.29) is 5.91 Å². The molecule has 2 aromatic rings. The fourth-order valence-electron chi connectivity index (χ4n) is 1.82. The molecular formula is C15H15BrN2O. The maximum atomic E-state index is 12.1. The minimum absolute atomic E-state index is 0.107. The molecule has 0 aliphatic carbocycles. The second kappa shape index (κ2) is 5.89. The molecule has 0 bridgehead atoms. The molecule has 3 N–H and O–H groups in total. The number of anilines is 1. The summed E-state index contributed by atoms with van der Waals surface area (Å²) in [5.41, 5.74) is 8.91. The Bertz CT molecular complexity index is 611. The monoisotopic (exact) mass is 318 g/mol. The molecular weight excluding hydrogens is 304 g/mol. The Morgan fingerprint density at radius 1 is 1.26 bits per heavy atom. The average molecular weight is 319 g/mol. The quantitative estimate of drug-likeness (QED) is 0.853. The minimum Gasteiger partial charge on any atom is -0.398 e. The van der Waals surface area contributed by atoms with Crippen molar-refractivity contribution in [2.24, 2.45) is 0 Å². The second-order valence-electron chi connectivity index (χ2n) is 4.33. The Labute approximate surface area is 121 Å². The summed E-state index contributed by atoms with van der Waals surface area (Å²) in [7, 11) is 0. The van der Waals surface area contributed by atoms with E-state index in [0.29, 0.717) is 17.8 Å². The molecule has 0 saturated heterocycles. The van der Waals surface area contributed by atoms with Crippen LogP contribution < -0.4 is 11.1 Å². The summed E-state index contributed by atoms with van der Waals surface area (Å²) < 4.78 is 0.999. The zero-order valence-electron chi connectivity index (χ0n) is 10.6. The van der Waals surface area contributed by atoms with Crippen LogP contribution in [-0.2, 0) is 6.54 Å². The highest BCUT2D eigenvalue weighted by Crippen LogP contribution is 2.16. The first-order chi connectivity index (χ1) is 9.08. The summed E-state index contributed by atoms with van der Waals surface area (Å²) in [4.78, 5) is 12.1. The van der Waals surface area contributed by atoms with Crippen molar-refractivity contribution in [2.75, 3.05) is 5.73 Å². The Morgan fingerprint density at radius 2 is 2.00 bits per heavy atom. The van der Waals surface area contributed by atoms with Gasteiger partial charge in [0.1, 0.15) is 0 Å². The van der Waals surface area contributed by atoms with Crippen LogP contribution in [0.1, 0.15) is 21.5 Å². The highest BCUT2D eigenvalue weighted by molar-refractivity contribution is 9.10. The molecule has 2 rings (SSSR count). The van der Waals surface area contributed by atoms with E-state index in [0.717, 1.165) is 15.6 Å². The number of rotatable bonds is 3. The largest absolute Gasteiger partial charge is 0.398 e. The lowest BCUT2D eigenvalue weighted by atomic mass is 10.1. The Kier molecular flexibility index (Phi) is 4.22. The van der Waals surface area contributed by atoms with Crippen LogP contribution in [0.4, 0.5) is 5.69 Å². The van der Waals surface area contributed by atoms with Gasteiger partial charge in [0.15, 0.2) is 0 Å². The number of carbonyl (C=O) groups excluding carboxylic acids is 1. The summed E-state index contributed by atoms with van der Waals surface area (Å²) in [6, 6.07) is 13.2. The third-order valence-corrected chi connectivity index (χ3v) is 3.46. The molecule has 0 aromatic heterocycles. The van der Waals surface area contributed by atoms with E-state index < -0.39 is 0 Å². The van der Waals surface area contributed by atoms with Gasteiger partial charge in [0.05, 0.1) is 0 Å². The van der Waals surface area contributed by atoms with Gasteiger partial charge in [0, 0.05) is 22.3 Å². The first-order valence-corrected chi connectivity index (χ1v) is 6.75. The number of nitrogens with two attached hydrogens (primary N) is 1. The van der Waals surface area contributed by atoms with Crippen LogP contribution in [0.2, 0.25) is 0 Å². The number of halogens is 1. The van der Waals surface area contributed by atoms with Crippen molar-refractivity contribution in [1.82, 2.24) is 5.32 Å². The van der Waals surface area contributed by atoms with Gasteiger partial charge in [-0.15, -0.1) is 0 Å². The molecule has 0 unspecified atom stereocenters. The number of nitrogen functional groups attached to an aromatic ring is 1. The van der Waals surface area contributed by atoms with Crippen LogP contribution >= 0.6 is 15.9 Å². The molecule has 0 atom stereocenters. The molecule has 0 aliphatic heterocycles. The Morgan fingerprint density at radius 3 is 2.74 bits per heavy atom. The summed E-state index contributed by atoms with van der Waals surface area (Å²) in [6.07, 6.45) is 0. The zero-order chi connectivity index (χ0) is 13.8. The fraction of sp³-hybridized carbons (Fsp3) is 0.133. The van der Waals surface area contributed by atoms with Gasteiger partial charge >= 0.3 is 0 Å². The van der Waals surface area contributed by atoms with Gasteiger partial charge in [0.25, 0.3) is 5.91 Å². The molecule has 0 spiro atoms. The minimum atomic E-state index is -0.107. The molecule has 3 nitrogen and oxygen atoms in total. The second-order valence-corrected chi connectivity index (χ2v) is 5.25. The molecule has 4 heteroatoms. The smallest absolute Gasteiger partial charge is 0.251 e. The first kappa shape index (κ1) is 13.6. The van der Waals surface area contributed by atoms with Gasteiger partial charge in [-0.05, 0) is 42.3 Å². The fourth-order valence-corrected chi connectivity index (χ4v) is 2.27. The average Bonchev–Trinajstić information content (AvgIpc) is 2.39. The molecule has 2 aromatic carbocycles. The van der Waals surface area contributed by atoms with E-state index in [1.807, 2.05) is 31.2 Å². The lowest BCUT2D eigenvalue weighted by Gasteiger charge is -2.09. The number of hydrogen-bond acceptors (Lipinski definition) is 2. The lowest BCUT2D eigenvalue weighted by Crippen LogP contribution is -2.23. The maximum absolute atomic E-state index is 12.1. The molecule has 1 amide bonds. The summed E-state index contributed by atoms with van der Waals surface area (Å²) >= 11 is 3.41. The summed E-state index contributed by atoms with van der Waals surface area (Å²) in [5, 5.41) is 2.90. The Balaban J connectivity index is 2.08. The van der Waals surface area contributed by atoms with Gasteiger partial charge in [0.2, 0.25) is 0 Å². The van der Waals surface area contributed by atoms with Crippen molar-refractivity contribution in [3.8, 4) is 0 Å². The summed E-state index contributed by atoms with van der Waals surface area (Å²) in [6.45, 7) is 2.34. The lowest BCUT2D eigenvalue weighted by molar-refractivity contribution is 0.0950. The number of benzene rings is 2. The maximum Gasteiger partial charge on any atom is 0.251 e. The highest BCUT2D eigenvalue weighted by Gasteiger charge is 2.09. The molecule has 0 heterocycles. The van der Waals surface area contributed by atoms with Crippen LogP contribution in [0.3, 0.4) is 0 Å². The molecule has 0 aliphatic rings. The van der Waals surface area contributed by atoms with Gasteiger partial charge in [-0.1, -0.05) is 34.1 Å². The van der Waals surface area contributed by atoms with Crippen LogP contribution in [0.5, 0.6) is 0 Å². The van der Waals surface area contributed by atoms with Crippen LogP contribution in [0, 0.1) is 6.92 Å². The van der Waals surface area contributed by atoms with Crippen LogP contribution in [0.25, 0.3) is 0 Å². The predicted molar refractivity (Wildman–Crippen MR) is 80.9 cm³/mol. The van der Waals surface area contributed by atoms with Gasteiger partial charge < -0.3 is 11.1 Å². The number of carbonyl (C=O) groups is 1. The number of hydrogen-bond donors (Lipinski definition) is 2. The number of nitrogens with one attached hydrogen (secondary N) is 1.